The smallest absolute Gasteiger partial charge is 0.304 e. The second kappa shape index (κ2) is 3.82. The molecule has 0 atom stereocenters. The number of fused-ring (bicyclic) bond motifs is 1. The van der Waals surface area contributed by atoms with Crippen molar-refractivity contribution < 1.29 is 9.90 Å². The van der Waals surface area contributed by atoms with Crippen molar-refractivity contribution in [2.24, 2.45) is 7.05 Å². The Kier molecular flexibility index (Phi) is 2.48. The van der Waals surface area contributed by atoms with Crippen LogP contribution in [0.1, 0.15) is 24.8 Å². The fourth-order valence-electron chi connectivity index (χ4n) is 2.56. The molecule has 1 aliphatic rings. The van der Waals surface area contributed by atoms with Crippen LogP contribution in [0, 0.1) is 0 Å². The van der Waals surface area contributed by atoms with Gasteiger partial charge in [0.15, 0.2) is 0 Å². The van der Waals surface area contributed by atoms with Crippen molar-refractivity contribution in [2.45, 2.75) is 24.7 Å². The quantitative estimate of drug-likeness (QED) is 0.948. The van der Waals surface area contributed by atoms with Crippen molar-refractivity contribution in [3.8, 4) is 0 Å². The number of benzene rings is 1. The lowest BCUT2D eigenvalue weighted by atomic mass is 9.92. The van der Waals surface area contributed by atoms with Crippen molar-refractivity contribution in [1.29, 1.82) is 0 Å². The summed E-state index contributed by atoms with van der Waals surface area (Å²) in [4.78, 5) is 10.9. The Morgan fingerprint density at radius 3 is 2.89 bits per heavy atom. The van der Waals surface area contributed by atoms with E-state index in [0.717, 1.165) is 33.9 Å². The first-order valence-electron chi connectivity index (χ1n) is 5.86. The van der Waals surface area contributed by atoms with Gasteiger partial charge in [0, 0.05) is 17.8 Å². The predicted molar refractivity (Wildman–Crippen MR) is 71.6 cm³/mol. The third-order valence-corrected chi connectivity index (χ3v) is 4.35. The summed E-state index contributed by atoms with van der Waals surface area (Å²) in [5.41, 5.74) is 2.03. The Hall–Kier alpha value is -1.36. The number of aromatic nitrogens is 2. The third kappa shape index (κ3) is 1.73. The van der Waals surface area contributed by atoms with Crippen molar-refractivity contribution in [2.75, 3.05) is 0 Å². The van der Waals surface area contributed by atoms with Gasteiger partial charge in [0.25, 0.3) is 0 Å². The summed E-state index contributed by atoms with van der Waals surface area (Å²) in [6.45, 7) is 0. The Bertz CT molecular complexity index is 644. The molecule has 3 rings (SSSR count). The Morgan fingerprint density at radius 2 is 2.28 bits per heavy atom. The number of carboxylic acid groups (broad SMARTS) is 1. The van der Waals surface area contributed by atoms with Crippen LogP contribution in [0.2, 0.25) is 0 Å². The number of aryl methyl sites for hydroxylation is 1. The normalized spacial score (nSPS) is 17.0. The van der Waals surface area contributed by atoms with Crippen LogP contribution in [-0.2, 0) is 17.3 Å². The van der Waals surface area contributed by atoms with Crippen molar-refractivity contribution in [1.82, 2.24) is 9.78 Å². The van der Waals surface area contributed by atoms with Crippen LogP contribution in [0.25, 0.3) is 10.9 Å². The zero-order chi connectivity index (χ0) is 12.9. The number of hydrogen-bond acceptors (Lipinski definition) is 2. The van der Waals surface area contributed by atoms with Gasteiger partial charge in [0.2, 0.25) is 0 Å². The highest BCUT2D eigenvalue weighted by Gasteiger charge is 2.46. The van der Waals surface area contributed by atoms with Gasteiger partial charge in [0.05, 0.1) is 11.9 Å². The average Bonchev–Trinajstić information content (AvgIpc) is 3.02. The summed E-state index contributed by atoms with van der Waals surface area (Å²) in [5.74, 6) is -0.724. The van der Waals surface area contributed by atoms with Crippen LogP contribution < -0.4 is 0 Å². The number of carboxylic acids is 1. The SMILES string of the molecule is Cn1nc(Br)c2cc(C3(CC(=O)O)CC3)ccc21. The van der Waals surface area contributed by atoms with Crippen LogP contribution >= 0.6 is 15.9 Å². The summed E-state index contributed by atoms with van der Waals surface area (Å²) in [6, 6.07) is 6.12. The number of halogens is 1. The minimum absolute atomic E-state index is 0.144. The van der Waals surface area contributed by atoms with Gasteiger partial charge in [0.1, 0.15) is 4.60 Å². The molecule has 0 radical (unpaired) electrons. The van der Waals surface area contributed by atoms with Crippen molar-refractivity contribution >= 4 is 32.8 Å². The highest BCUT2D eigenvalue weighted by molar-refractivity contribution is 9.10. The first-order valence-corrected chi connectivity index (χ1v) is 6.66. The Morgan fingerprint density at radius 1 is 1.56 bits per heavy atom. The van der Waals surface area contributed by atoms with Gasteiger partial charge in [-0.05, 0) is 46.5 Å². The van der Waals surface area contributed by atoms with Gasteiger partial charge in [-0.1, -0.05) is 6.07 Å². The molecule has 0 aliphatic heterocycles. The van der Waals surface area contributed by atoms with E-state index in [0.29, 0.717) is 0 Å². The van der Waals surface area contributed by atoms with Gasteiger partial charge in [-0.15, -0.1) is 0 Å². The van der Waals surface area contributed by atoms with E-state index < -0.39 is 5.97 Å². The summed E-state index contributed by atoms with van der Waals surface area (Å²) in [5, 5.41) is 14.4. The molecule has 1 fully saturated rings. The molecule has 1 aromatic heterocycles. The second-order valence-electron chi connectivity index (χ2n) is 5.00. The Labute approximate surface area is 113 Å². The van der Waals surface area contributed by atoms with Crippen molar-refractivity contribution in [3.05, 3.63) is 28.4 Å². The lowest BCUT2D eigenvalue weighted by Gasteiger charge is -2.13. The summed E-state index contributed by atoms with van der Waals surface area (Å²) >= 11 is 3.44. The molecule has 1 heterocycles. The third-order valence-electron chi connectivity index (χ3n) is 3.76. The molecule has 1 aliphatic carbocycles. The molecule has 94 valence electrons. The molecule has 0 spiro atoms. The minimum Gasteiger partial charge on any atom is -0.481 e. The lowest BCUT2D eigenvalue weighted by Crippen LogP contribution is -2.12. The number of hydrogen-bond donors (Lipinski definition) is 1. The van der Waals surface area contributed by atoms with Gasteiger partial charge < -0.3 is 5.11 Å². The van der Waals surface area contributed by atoms with Crippen LogP contribution in [0.4, 0.5) is 0 Å². The molecular formula is C13H13BrN2O2. The van der Waals surface area contributed by atoms with Crippen LogP contribution in [-0.4, -0.2) is 20.9 Å². The fourth-order valence-corrected chi connectivity index (χ4v) is 3.12. The van der Waals surface area contributed by atoms with E-state index >= 15 is 0 Å². The molecular weight excluding hydrogens is 296 g/mol. The van der Waals surface area contributed by atoms with Gasteiger partial charge in [-0.2, -0.15) is 5.10 Å². The second-order valence-corrected chi connectivity index (χ2v) is 5.75. The molecule has 0 unspecified atom stereocenters. The topological polar surface area (TPSA) is 55.1 Å². The van der Waals surface area contributed by atoms with Gasteiger partial charge >= 0.3 is 5.97 Å². The van der Waals surface area contributed by atoms with E-state index in [1.807, 2.05) is 23.9 Å². The number of aliphatic carboxylic acids is 1. The maximum atomic E-state index is 10.9. The first-order chi connectivity index (χ1) is 8.52. The van der Waals surface area contributed by atoms with Crippen molar-refractivity contribution in [3.63, 3.8) is 0 Å². The lowest BCUT2D eigenvalue weighted by molar-refractivity contribution is -0.137. The van der Waals surface area contributed by atoms with E-state index in [1.165, 1.54) is 0 Å². The highest BCUT2D eigenvalue weighted by Crippen LogP contribution is 2.51. The molecule has 4 nitrogen and oxygen atoms in total. The monoisotopic (exact) mass is 308 g/mol. The average molecular weight is 309 g/mol. The largest absolute Gasteiger partial charge is 0.481 e. The van der Waals surface area contributed by atoms with Crippen LogP contribution in [0.15, 0.2) is 22.8 Å². The summed E-state index contributed by atoms with van der Waals surface area (Å²) < 4.78 is 2.63. The van der Waals surface area contributed by atoms with Crippen LogP contribution in [0.3, 0.4) is 0 Å². The maximum Gasteiger partial charge on any atom is 0.304 e. The number of rotatable bonds is 3. The van der Waals surface area contributed by atoms with Gasteiger partial charge in [-0.25, -0.2) is 0 Å². The van der Waals surface area contributed by atoms with E-state index in [-0.39, 0.29) is 11.8 Å². The first kappa shape index (κ1) is 11.7. The van der Waals surface area contributed by atoms with E-state index in [1.54, 1.807) is 0 Å². The van der Waals surface area contributed by atoms with E-state index in [2.05, 4.69) is 27.1 Å². The molecule has 1 saturated carbocycles. The Balaban J connectivity index is 2.09. The number of nitrogens with zero attached hydrogens (tertiary/aromatic N) is 2. The standard InChI is InChI=1S/C13H13BrN2O2/c1-16-10-3-2-8(6-9(10)12(14)15-16)13(4-5-13)7-11(17)18/h2-3,6H,4-5,7H2,1H3,(H,17,18). The zero-order valence-corrected chi connectivity index (χ0v) is 11.6. The molecule has 5 heteroatoms. The molecule has 1 N–H and O–H groups in total. The maximum absolute atomic E-state index is 10.9. The fraction of sp³-hybridized carbons (Fsp3) is 0.385. The molecule has 0 bridgehead atoms. The molecule has 0 amide bonds. The molecule has 0 saturated heterocycles. The zero-order valence-electron chi connectivity index (χ0n) is 9.98. The van der Waals surface area contributed by atoms with E-state index in [9.17, 15) is 4.79 Å². The van der Waals surface area contributed by atoms with E-state index in [4.69, 9.17) is 5.11 Å². The summed E-state index contributed by atoms with van der Waals surface area (Å²) in [7, 11) is 1.90. The van der Waals surface area contributed by atoms with Gasteiger partial charge in [-0.3, -0.25) is 9.48 Å². The number of carbonyl (C=O) groups is 1. The minimum atomic E-state index is -0.724. The highest BCUT2D eigenvalue weighted by atomic mass is 79.9. The predicted octanol–water partition coefficient (Wildman–Crippen LogP) is 2.84. The molecule has 2 aromatic rings. The summed E-state index contributed by atoms with van der Waals surface area (Å²) in [6.07, 6.45) is 2.14. The molecule has 1 aromatic carbocycles. The molecule has 18 heavy (non-hydrogen) atoms. The van der Waals surface area contributed by atoms with Crippen LogP contribution in [0.5, 0.6) is 0 Å².